The van der Waals surface area contributed by atoms with Crippen molar-refractivity contribution in [2.75, 3.05) is 13.2 Å². The maximum Gasteiger partial charge on any atom is 2.00 e. The Hall–Kier alpha value is -1.34. The second kappa shape index (κ2) is 43.1. The number of ether oxygens (including phenoxy) is 2. The van der Waals surface area contributed by atoms with Gasteiger partial charge in [0.05, 0.1) is 13.2 Å². The van der Waals surface area contributed by atoms with E-state index < -0.39 is 0 Å². The normalized spacial score (nSPS) is 10.7. The van der Waals surface area contributed by atoms with Crippen LogP contribution >= 0.6 is 0 Å². The molecule has 0 bridgehead atoms. The fraction of sp³-hybridized carbons (Fsp3) is 0.750. The zero-order valence-corrected chi connectivity index (χ0v) is 35.6. The van der Waals surface area contributed by atoms with Crippen LogP contribution in [0.25, 0.3) is 0 Å². The van der Waals surface area contributed by atoms with Gasteiger partial charge in [0.15, 0.2) is 0 Å². The first-order valence-corrected chi connectivity index (χ1v) is 22.0. The molecule has 51 heavy (non-hydrogen) atoms. The first-order chi connectivity index (χ1) is 24.9. The van der Waals surface area contributed by atoms with Crippen molar-refractivity contribution >= 4 is 0 Å². The third-order valence-corrected chi connectivity index (χ3v) is 9.91. The Bertz CT molecular complexity index is 800. The van der Waals surface area contributed by atoms with E-state index in [1.165, 1.54) is 205 Å². The molecule has 0 atom stereocenters. The van der Waals surface area contributed by atoms with Gasteiger partial charge in [-0.1, -0.05) is 206 Å². The van der Waals surface area contributed by atoms with Gasteiger partial charge >= 0.3 is 19.5 Å². The van der Waals surface area contributed by atoms with Crippen molar-refractivity contribution in [3.05, 3.63) is 60.7 Å². The van der Waals surface area contributed by atoms with Crippen molar-refractivity contribution in [1.82, 2.24) is 0 Å². The van der Waals surface area contributed by atoms with E-state index in [0.717, 1.165) is 24.7 Å². The molecule has 0 N–H and O–H groups in total. The molecule has 2 aromatic carbocycles. The summed E-state index contributed by atoms with van der Waals surface area (Å²) >= 11 is 0. The van der Waals surface area contributed by atoms with E-state index in [-0.39, 0.29) is 19.5 Å². The topological polar surface area (TPSA) is 18.5 Å². The number of rotatable bonds is 36. The van der Waals surface area contributed by atoms with E-state index in [2.05, 4.69) is 26.0 Å². The number of hydrogen-bond acceptors (Lipinski definition) is 2. The molecule has 294 valence electrons. The summed E-state index contributed by atoms with van der Waals surface area (Å²) in [5.74, 6) is 1.94. The smallest absolute Gasteiger partial charge is 0.519 e. The molecule has 0 heterocycles. The minimum absolute atomic E-state index is 0. The van der Waals surface area contributed by atoms with E-state index >= 15 is 0 Å². The Balaban J connectivity index is 0.000000962. The van der Waals surface area contributed by atoms with Crippen molar-refractivity contribution in [1.29, 1.82) is 0 Å². The molecule has 3 heteroatoms. The average molecular weight is 792 g/mol. The fourth-order valence-corrected chi connectivity index (χ4v) is 6.62. The standard InChI is InChI=1S/2C24H41O.Ru/c2*1-2-3-4-5-6-7-8-9-10-11-12-13-14-15-16-20-23-25-24-21-18-17-19-22-24;/h2*18-19,21-22H,2-16,20,23H2,1H3;/q2*-1;+2. The zero-order chi connectivity index (χ0) is 35.7. The molecule has 0 aliphatic heterocycles. The third kappa shape index (κ3) is 38.2. The van der Waals surface area contributed by atoms with Gasteiger partial charge in [-0.3, -0.25) is 0 Å². The van der Waals surface area contributed by atoms with E-state index in [1.807, 2.05) is 48.5 Å². The predicted octanol–water partition coefficient (Wildman–Crippen LogP) is 16.3. The van der Waals surface area contributed by atoms with Crippen molar-refractivity contribution in [3.63, 3.8) is 0 Å². The van der Waals surface area contributed by atoms with Crippen LogP contribution in [0, 0.1) is 12.1 Å². The third-order valence-electron chi connectivity index (χ3n) is 9.91. The summed E-state index contributed by atoms with van der Waals surface area (Å²) in [6, 6.07) is 21.6. The molecule has 2 rings (SSSR count). The molecule has 0 aliphatic rings. The minimum Gasteiger partial charge on any atom is -0.519 e. The summed E-state index contributed by atoms with van der Waals surface area (Å²) < 4.78 is 11.4. The Morgan fingerprint density at radius 1 is 0.314 bits per heavy atom. The molecule has 0 saturated carbocycles. The molecule has 0 saturated heterocycles. The summed E-state index contributed by atoms with van der Waals surface area (Å²) in [5.41, 5.74) is 0. The van der Waals surface area contributed by atoms with Crippen molar-refractivity contribution in [2.24, 2.45) is 0 Å². The molecular weight excluding hydrogens is 710 g/mol. The summed E-state index contributed by atoms with van der Waals surface area (Å²) in [4.78, 5) is 0. The van der Waals surface area contributed by atoms with Crippen LogP contribution in [0.15, 0.2) is 48.5 Å². The quantitative estimate of drug-likeness (QED) is 0.0389. The molecule has 2 aromatic rings. The van der Waals surface area contributed by atoms with Crippen molar-refractivity contribution in [3.8, 4) is 11.5 Å². The SMILES string of the molecule is CCCCCCCCCCCCCCCCCCOc1cc[c-]cc1.CCCCCCCCCCCCCCCCCCOc1cc[c-]cc1.[Ru+2]. The molecule has 2 nitrogen and oxygen atoms in total. The van der Waals surface area contributed by atoms with Crippen LogP contribution in [0.1, 0.15) is 219 Å². The first-order valence-electron chi connectivity index (χ1n) is 22.0. The van der Waals surface area contributed by atoms with Gasteiger partial charge in [0, 0.05) is 11.5 Å². The summed E-state index contributed by atoms with van der Waals surface area (Å²) in [6.07, 6.45) is 45.1. The van der Waals surface area contributed by atoms with Crippen LogP contribution in [0.3, 0.4) is 0 Å². The van der Waals surface area contributed by atoms with Crippen LogP contribution in [0.4, 0.5) is 0 Å². The first kappa shape index (κ1) is 49.7. The molecule has 0 aliphatic carbocycles. The van der Waals surface area contributed by atoms with Gasteiger partial charge in [0.25, 0.3) is 0 Å². The summed E-state index contributed by atoms with van der Waals surface area (Å²) in [5, 5.41) is 0. The van der Waals surface area contributed by atoms with Crippen LogP contribution < -0.4 is 9.47 Å². The predicted molar refractivity (Wildman–Crippen MR) is 221 cm³/mol. The molecule has 0 unspecified atom stereocenters. The van der Waals surface area contributed by atoms with E-state index in [1.54, 1.807) is 0 Å². The van der Waals surface area contributed by atoms with Gasteiger partial charge in [-0.25, -0.2) is 0 Å². The maximum absolute atomic E-state index is 5.71. The maximum atomic E-state index is 5.71. The summed E-state index contributed by atoms with van der Waals surface area (Å²) in [7, 11) is 0. The molecule has 0 spiro atoms. The van der Waals surface area contributed by atoms with Gasteiger partial charge in [0.1, 0.15) is 0 Å². The fourth-order valence-electron chi connectivity index (χ4n) is 6.62. The second-order valence-electron chi connectivity index (χ2n) is 14.8. The van der Waals surface area contributed by atoms with Crippen LogP contribution in [-0.2, 0) is 19.5 Å². The Kier molecular flexibility index (Phi) is 41.9. The molecular formula is C48H82O2Ru. The Labute approximate surface area is 332 Å². The largest absolute Gasteiger partial charge is 2.00 e. The Morgan fingerprint density at radius 3 is 0.725 bits per heavy atom. The number of unbranched alkanes of at least 4 members (excludes halogenated alkanes) is 30. The van der Waals surface area contributed by atoms with Gasteiger partial charge in [-0.15, -0.1) is 24.3 Å². The minimum atomic E-state index is 0. The van der Waals surface area contributed by atoms with E-state index in [0.29, 0.717) is 0 Å². The molecule has 0 aromatic heterocycles. The van der Waals surface area contributed by atoms with Crippen molar-refractivity contribution < 1.29 is 29.0 Å². The van der Waals surface area contributed by atoms with Crippen molar-refractivity contribution in [2.45, 2.75) is 219 Å². The van der Waals surface area contributed by atoms with Crippen LogP contribution in [0.5, 0.6) is 11.5 Å². The van der Waals surface area contributed by atoms with Crippen LogP contribution in [-0.4, -0.2) is 13.2 Å². The number of hydrogen-bond donors (Lipinski definition) is 0. The summed E-state index contributed by atoms with van der Waals surface area (Å²) in [6.45, 7) is 6.28. The monoisotopic (exact) mass is 793 g/mol. The number of benzene rings is 2. The molecule has 0 fully saturated rings. The van der Waals surface area contributed by atoms with Gasteiger partial charge in [-0.2, -0.15) is 36.4 Å². The average Bonchev–Trinajstić information content (AvgIpc) is 3.15. The second-order valence-corrected chi connectivity index (χ2v) is 14.8. The van der Waals surface area contributed by atoms with Gasteiger partial charge < -0.3 is 9.47 Å². The zero-order valence-electron chi connectivity index (χ0n) is 33.8. The van der Waals surface area contributed by atoms with Crippen LogP contribution in [0.2, 0.25) is 0 Å². The van der Waals surface area contributed by atoms with E-state index in [4.69, 9.17) is 9.47 Å². The van der Waals surface area contributed by atoms with Gasteiger partial charge in [0.2, 0.25) is 0 Å². The Morgan fingerprint density at radius 2 is 0.510 bits per heavy atom. The molecule has 0 radical (unpaired) electrons. The van der Waals surface area contributed by atoms with Gasteiger partial charge in [-0.05, 0) is 12.8 Å². The van der Waals surface area contributed by atoms with E-state index in [9.17, 15) is 0 Å². The molecule has 0 amide bonds.